The van der Waals surface area contributed by atoms with E-state index in [9.17, 15) is 22.4 Å². The highest BCUT2D eigenvalue weighted by Gasteiger charge is 2.62. The van der Waals surface area contributed by atoms with Crippen molar-refractivity contribution in [2.75, 3.05) is 0 Å². The van der Waals surface area contributed by atoms with Crippen molar-refractivity contribution in [1.82, 2.24) is 0 Å². The molecule has 8 heteroatoms. The molecule has 1 aliphatic carbocycles. The lowest BCUT2D eigenvalue weighted by molar-refractivity contribution is -0.147. The monoisotopic (exact) mass is 460 g/mol. The predicted molar refractivity (Wildman–Crippen MR) is 107 cm³/mol. The van der Waals surface area contributed by atoms with Crippen LogP contribution < -0.4 is 0 Å². The molecule has 0 aliphatic heterocycles. The van der Waals surface area contributed by atoms with E-state index in [1.807, 2.05) is 0 Å². The van der Waals surface area contributed by atoms with Crippen LogP contribution in [0, 0.1) is 23.1 Å². The van der Waals surface area contributed by atoms with Crippen LogP contribution in [0.5, 0.6) is 0 Å². The summed E-state index contributed by atoms with van der Waals surface area (Å²) in [6.07, 6.45) is -3.82. The fourth-order valence-electron chi connectivity index (χ4n) is 3.47. The topological polar surface area (TPSA) is 26.3 Å². The predicted octanol–water partition coefficient (Wildman–Crippen LogP) is 7.15. The molecule has 0 unspecified atom stereocenters. The highest BCUT2D eigenvalue weighted by atomic mass is 35.5. The number of carbonyl (C=O) groups is 1. The molecule has 0 bridgehead atoms. The maximum absolute atomic E-state index is 14.9. The molecule has 0 heterocycles. The third-order valence-corrected chi connectivity index (χ3v) is 5.96. The van der Waals surface area contributed by atoms with Gasteiger partial charge in [0.15, 0.2) is 0 Å². The van der Waals surface area contributed by atoms with Gasteiger partial charge >= 0.3 is 12.1 Å². The normalized spacial score (nSPS) is 20.7. The number of alkyl halides is 3. The van der Waals surface area contributed by atoms with Crippen LogP contribution in [0.2, 0.25) is 5.02 Å². The van der Waals surface area contributed by atoms with Crippen LogP contribution in [0.4, 0.5) is 17.6 Å². The number of esters is 1. The third kappa shape index (κ3) is 4.65. The molecule has 0 N–H and O–H groups in total. The molecule has 0 aromatic heterocycles. The standard InChI is InChI=1S/C22H18Cl2F4O2/c1-21(2)16(10-17(24)22(26,27)28)18(21)20(29)30-11-13-4-3-5-15(19(13)25)12-6-8-14(23)9-7-12/h3-10,16,18H,11H2,1-2H3/b17-10-/t16-,18-/m0/s1. The number of carbonyl (C=O) groups excluding carboxylic acids is 1. The van der Waals surface area contributed by atoms with Gasteiger partial charge in [0.25, 0.3) is 0 Å². The molecule has 1 saturated carbocycles. The van der Waals surface area contributed by atoms with Gasteiger partial charge in [0.1, 0.15) is 17.5 Å². The fourth-order valence-corrected chi connectivity index (χ4v) is 3.74. The summed E-state index contributed by atoms with van der Waals surface area (Å²) in [7, 11) is 0. The van der Waals surface area contributed by atoms with Crippen molar-refractivity contribution in [2.24, 2.45) is 17.3 Å². The van der Waals surface area contributed by atoms with Gasteiger partial charge in [-0.3, -0.25) is 4.79 Å². The van der Waals surface area contributed by atoms with E-state index in [1.165, 1.54) is 6.07 Å². The van der Waals surface area contributed by atoms with Crippen LogP contribution in [0.15, 0.2) is 53.6 Å². The number of hydrogen-bond acceptors (Lipinski definition) is 2. The maximum Gasteiger partial charge on any atom is 0.426 e. The van der Waals surface area contributed by atoms with E-state index in [0.717, 1.165) is 6.08 Å². The lowest BCUT2D eigenvalue weighted by Gasteiger charge is -2.10. The molecule has 0 saturated heterocycles. The second-order valence-corrected chi connectivity index (χ2v) is 8.57. The lowest BCUT2D eigenvalue weighted by Crippen LogP contribution is -2.11. The zero-order valence-electron chi connectivity index (χ0n) is 16.1. The van der Waals surface area contributed by atoms with Crippen molar-refractivity contribution in [2.45, 2.75) is 26.6 Å². The summed E-state index contributed by atoms with van der Waals surface area (Å²) in [6, 6.07) is 11.3. The summed E-state index contributed by atoms with van der Waals surface area (Å²) in [5.74, 6) is -2.72. The largest absolute Gasteiger partial charge is 0.460 e. The van der Waals surface area contributed by atoms with Crippen LogP contribution in [-0.2, 0) is 16.1 Å². The smallest absolute Gasteiger partial charge is 0.426 e. The summed E-state index contributed by atoms with van der Waals surface area (Å²) in [6.45, 7) is 2.98. The molecule has 2 aromatic rings. The first kappa shape index (κ1) is 22.6. The first-order valence-electron chi connectivity index (χ1n) is 9.07. The van der Waals surface area contributed by atoms with Crippen molar-refractivity contribution in [3.63, 3.8) is 0 Å². The van der Waals surface area contributed by atoms with Crippen LogP contribution in [0.25, 0.3) is 11.1 Å². The Kier molecular flexibility index (Phi) is 6.21. The summed E-state index contributed by atoms with van der Waals surface area (Å²) in [5.41, 5.74) is 0.367. The van der Waals surface area contributed by atoms with Crippen molar-refractivity contribution >= 4 is 29.2 Å². The van der Waals surface area contributed by atoms with Crippen LogP contribution in [0.3, 0.4) is 0 Å². The summed E-state index contributed by atoms with van der Waals surface area (Å²) < 4.78 is 58.1. The second-order valence-electron chi connectivity index (χ2n) is 7.73. The Balaban J connectivity index is 1.71. The Morgan fingerprint density at radius 2 is 1.80 bits per heavy atom. The van der Waals surface area contributed by atoms with Crippen molar-refractivity contribution < 1.29 is 27.1 Å². The fraction of sp³-hybridized carbons (Fsp3) is 0.318. The molecule has 0 radical (unpaired) electrons. The van der Waals surface area contributed by atoms with Gasteiger partial charge in [-0.25, -0.2) is 4.39 Å². The van der Waals surface area contributed by atoms with Crippen molar-refractivity contribution in [3.8, 4) is 11.1 Å². The summed E-state index contributed by atoms with van der Waals surface area (Å²) >= 11 is 11.1. The molecule has 30 heavy (non-hydrogen) atoms. The minimum absolute atomic E-state index is 0.162. The van der Waals surface area contributed by atoms with Gasteiger partial charge in [-0.2, -0.15) is 13.2 Å². The maximum atomic E-state index is 14.9. The number of hydrogen-bond donors (Lipinski definition) is 0. The minimum atomic E-state index is -4.67. The number of benzene rings is 2. The summed E-state index contributed by atoms with van der Waals surface area (Å²) in [5, 5.41) is -0.747. The summed E-state index contributed by atoms with van der Waals surface area (Å²) in [4.78, 5) is 12.4. The van der Waals surface area contributed by atoms with E-state index >= 15 is 0 Å². The SMILES string of the molecule is CC1(C)[C@H](C(=O)OCc2cccc(-c3ccc(Cl)cc3)c2F)[C@@H]1/C=C(\Cl)C(F)(F)F. The van der Waals surface area contributed by atoms with Crippen LogP contribution in [-0.4, -0.2) is 12.1 Å². The van der Waals surface area contributed by atoms with E-state index in [-0.39, 0.29) is 12.2 Å². The minimum Gasteiger partial charge on any atom is -0.460 e. The van der Waals surface area contributed by atoms with Gasteiger partial charge in [0.05, 0.1) is 5.92 Å². The van der Waals surface area contributed by atoms with Gasteiger partial charge in [0.2, 0.25) is 0 Å². The van der Waals surface area contributed by atoms with Gasteiger partial charge in [-0.15, -0.1) is 0 Å². The Bertz CT molecular complexity index is 982. The molecule has 2 aromatic carbocycles. The number of rotatable bonds is 5. The van der Waals surface area contributed by atoms with E-state index in [0.29, 0.717) is 16.1 Å². The van der Waals surface area contributed by atoms with Gasteiger partial charge in [-0.05, 0) is 29.0 Å². The van der Waals surface area contributed by atoms with E-state index < -0.39 is 40.2 Å². The molecule has 0 amide bonds. The third-order valence-electron chi connectivity index (χ3n) is 5.37. The Labute approximate surface area is 181 Å². The van der Waals surface area contributed by atoms with Gasteiger partial charge < -0.3 is 4.74 Å². The highest BCUT2D eigenvalue weighted by Crippen LogP contribution is 2.60. The van der Waals surface area contributed by atoms with Gasteiger partial charge in [-0.1, -0.05) is 73.5 Å². The van der Waals surface area contributed by atoms with E-state index in [4.69, 9.17) is 27.9 Å². The Hall–Kier alpha value is -2.05. The van der Waals surface area contributed by atoms with Crippen molar-refractivity contribution in [3.05, 3.63) is 70.0 Å². The average Bonchev–Trinajstić information content (AvgIpc) is 3.20. The first-order chi connectivity index (χ1) is 13.9. The molecular weight excluding hydrogens is 443 g/mol. The Morgan fingerprint density at radius 3 is 2.40 bits per heavy atom. The molecular formula is C22H18Cl2F4O2. The van der Waals surface area contributed by atoms with E-state index in [2.05, 4.69) is 0 Å². The van der Waals surface area contributed by atoms with Crippen molar-refractivity contribution in [1.29, 1.82) is 0 Å². The molecule has 1 fully saturated rings. The van der Waals surface area contributed by atoms with Crippen LogP contribution >= 0.6 is 23.2 Å². The molecule has 3 rings (SSSR count). The Morgan fingerprint density at radius 1 is 1.17 bits per heavy atom. The zero-order valence-corrected chi connectivity index (χ0v) is 17.6. The number of halogens is 6. The highest BCUT2D eigenvalue weighted by molar-refractivity contribution is 6.30. The van der Waals surface area contributed by atoms with E-state index in [1.54, 1.807) is 50.2 Å². The second kappa shape index (κ2) is 8.23. The quantitative estimate of drug-likeness (QED) is 0.349. The molecule has 1 aliphatic rings. The molecule has 2 atom stereocenters. The average molecular weight is 461 g/mol. The lowest BCUT2D eigenvalue weighted by atomic mass is 10.0. The number of allylic oxidation sites excluding steroid dienone is 2. The van der Waals surface area contributed by atoms with Crippen LogP contribution in [0.1, 0.15) is 19.4 Å². The molecule has 0 spiro atoms. The van der Waals surface area contributed by atoms with Gasteiger partial charge in [0, 0.05) is 16.1 Å². The number of ether oxygens (including phenoxy) is 1. The first-order valence-corrected chi connectivity index (χ1v) is 9.83. The molecule has 160 valence electrons. The zero-order chi connectivity index (χ0) is 22.3. The molecule has 2 nitrogen and oxygen atoms in total.